The fraction of sp³-hybridized carbons (Fsp3) is 0.100. The third-order valence-electron chi connectivity index (χ3n) is 6.66. The van der Waals surface area contributed by atoms with Gasteiger partial charge in [0.05, 0.1) is 33.3 Å². The predicted molar refractivity (Wildman–Crippen MR) is 140 cm³/mol. The molecule has 0 saturated heterocycles. The molecule has 3 aromatic carbocycles. The van der Waals surface area contributed by atoms with E-state index in [4.69, 9.17) is 8.83 Å². The van der Waals surface area contributed by atoms with Gasteiger partial charge in [-0.05, 0) is 66.9 Å². The maximum absolute atomic E-state index is 13.4. The second-order valence-corrected chi connectivity index (χ2v) is 9.20. The molecule has 37 heavy (non-hydrogen) atoms. The van der Waals surface area contributed by atoms with Crippen molar-refractivity contribution in [3.8, 4) is 11.5 Å². The van der Waals surface area contributed by atoms with Gasteiger partial charge in [0.1, 0.15) is 22.7 Å². The average molecular weight is 491 g/mol. The molecular weight excluding hydrogens is 470 g/mol. The summed E-state index contributed by atoms with van der Waals surface area (Å²) in [4.78, 5) is 31.3. The average Bonchev–Trinajstić information content (AvgIpc) is 2.87. The largest absolute Gasteiger partial charge is 0.507 e. The zero-order valence-corrected chi connectivity index (χ0v) is 20.0. The monoisotopic (exact) mass is 491 g/mol. The van der Waals surface area contributed by atoms with E-state index in [1.807, 2.05) is 38.1 Å². The quantitative estimate of drug-likeness (QED) is 0.307. The van der Waals surface area contributed by atoms with Gasteiger partial charge >= 0.3 is 11.3 Å². The number of aryl methyl sites for hydroxylation is 2. The van der Waals surface area contributed by atoms with E-state index in [1.165, 1.54) is 6.20 Å². The lowest BCUT2D eigenvalue weighted by atomic mass is 9.85. The van der Waals surface area contributed by atoms with Crippen LogP contribution in [0.1, 0.15) is 33.7 Å². The number of pyridine rings is 1. The molecule has 6 rings (SSSR count). The molecule has 7 nitrogen and oxygen atoms in total. The van der Waals surface area contributed by atoms with Gasteiger partial charge in [0.15, 0.2) is 0 Å². The van der Waals surface area contributed by atoms with Gasteiger partial charge in [-0.15, -0.1) is 0 Å². The number of para-hydroxylation sites is 1. The Morgan fingerprint density at radius 1 is 0.730 bits per heavy atom. The van der Waals surface area contributed by atoms with E-state index in [1.54, 1.807) is 42.5 Å². The van der Waals surface area contributed by atoms with Crippen molar-refractivity contribution in [2.24, 2.45) is 0 Å². The summed E-state index contributed by atoms with van der Waals surface area (Å²) in [5.74, 6) is -1.90. The summed E-state index contributed by atoms with van der Waals surface area (Å²) in [5.41, 5.74) is 1.18. The van der Waals surface area contributed by atoms with Crippen LogP contribution in [-0.2, 0) is 0 Å². The Bertz CT molecular complexity index is 1880. The first-order valence-electron chi connectivity index (χ1n) is 11.7. The molecule has 0 aliphatic heterocycles. The highest BCUT2D eigenvalue weighted by molar-refractivity contribution is 5.88. The van der Waals surface area contributed by atoms with Crippen LogP contribution >= 0.6 is 0 Å². The minimum atomic E-state index is -1.22. The van der Waals surface area contributed by atoms with Gasteiger partial charge in [-0.2, -0.15) is 0 Å². The van der Waals surface area contributed by atoms with Gasteiger partial charge in [-0.25, -0.2) is 9.59 Å². The number of aromatic nitrogens is 1. The van der Waals surface area contributed by atoms with Crippen LogP contribution in [0.15, 0.2) is 91.4 Å². The number of benzene rings is 3. The molecule has 0 aliphatic carbocycles. The molecule has 0 amide bonds. The smallest absolute Gasteiger partial charge is 0.344 e. The highest BCUT2D eigenvalue weighted by atomic mass is 16.4. The second-order valence-electron chi connectivity index (χ2n) is 9.20. The van der Waals surface area contributed by atoms with E-state index in [9.17, 15) is 19.8 Å². The summed E-state index contributed by atoms with van der Waals surface area (Å²) in [6, 6.07) is 19.3. The molecule has 0 spiro atoms. The maximum Gasteiger partial charge on any atom is 0.344 e. The summed E-state index contributed by atoms with van der Waals surface area (Å²) in [7, 11) is 0. The minimum Gasteiger partial charge on any atom is -0.507 e. The van der Waals surface area contributed by atoms with Crippen LogP contribution in [0.4, 0.5) is 0 Å². The molecule has 6 aromatic rings. The highest BCUT2D eigenvalue weighted by Gasteiger charge is 2.33. The van der Waals surface area contributed by atoms with Crippen LogP contribution in [-0.4, -0.2) is 15.2 Å². The lowest BCUT2D eigenvalue weighted by Gasteiger charge is -2.20. The lowest BCUT2D eigenvalue weighted by Crippen LogP contribution is -2.21. The van der Waals surface area contributed by atoms with Crippen LogP contribution in [0.3, 0.4) is 0 Å². The Balaban J connectivity index is 1.73. The summed E-state index contributed by atoms with van der Waals surface area (Å²) in [5, 5.41) is 24.1. The van der Waals surface area contributed by atoms with Crippen molar-refractivity contribution in [3.63, 3.8) is 0 Å². The normalized spacial score (nSPS) is 11.6. The lowest BCUT2D eigenvalue weighted by molar-refractivity contribution is 0.441. The van der Waals surface area contributed by atoms with Crippen molar-refractivity contribution >= 4 is 32.8 Å². The van der Waals surface area contributed by atoms with Crippen molar-refractivity contribution in [2.75, 3.05) is 0 Å². The SMILES string of the molecule is Cc1ccc2c(O)c(C(c3cnc4ccccc4c3)c3c(O)c4ccc(C)cc4oc3=O)c(=O)oc2c1. The van der Waals surface area contributed by atoms with Crippen LogP contribution in [0, 0.1) is 13.8 Å². The van der Waals surface area contributed by atoms with Gasteiger partial charge in [-0.1, -0.05) is 30.3 Å². The van der Waals surface area contributed by atoms with E-state index in [2.05, 4.69) is 4.98 Å². The molecule has 182 valence electrons. The second kappa shape index (κ2) is 8.34. The number of hydrogen-bond donors (Lipinski definition) is 2. The van der Waals surface area contributed by atoms with Crippen molar-refractivity contribution in [1.82, 2.24) is 4.98 Å². The van der Waals surface area contributed by atoms with Gasteiger partial charge in [0, 0.05) is 11.6 Å². The first-order valence-corrected chi connectivity index (χ1v) is 11.7. The number of nitrogens with zero attached hydrogens (tertiary/aromatic N) is 1. The number of fused-ring (bicyclic) bond motifs is 3. The molecule has 0 bridgehead atoms. The predicted octanol–water partition coefficient (Wildman–Crippen LogP) is 5.66. The highest BCUT2D eigenvalue weighted by Crippen LogP contribution is 2.42. The molecular formula is C30H21NO6. The topological polar surface area (TPSA) is 114 Å². The zero-order valence-electron chi connectivity index (χ0n) is 20.0. The third-order valence-corrected chi connectivity index (χ3v) is 6.66. The molecule has 3 aromatic heterocycles. The van der Waals surface area contributed by atoms with E-state index >= 15 is 0 Å². The number of rotatable bonds is 3. The van der Waals surface area contributed by atoms with Crippen LogP contribution in [0.2, 0.25) is 0 Å². The summed E-state index contributed by atoms with van der Waals surface area (Å²) < 4.78 is 11.2. The van der Waals surface area contributed by atoms with E-state index in [0.29, 0.717) is 21.9 Å². The molecule has 2 N–H and O–H groups in total. The number of aromatic hydroxyl groups is 2. The standard InChI is InChI=1S/C30H21NO6/c1-15-7-9-19-22(11-15)36-29(34)25(27(19)32)24(18-13-17-5-3-4-6-21(17)31-14-18)26-28(33)20-10-8-16(2)12-23(20)37-30(26)35/h3-14,24,32-33H,1-2H3. The van der Waals surface area contributed by atoms with Crippen molar-refractivity contribution in [2.45, 2.75) is 19.8 Å². The first kappa shape index (κ1) is 22.5. The zero-order chi connectivity index (χ0) is 25.8. The van der Waals surface area contributed by atoms with E-state index < -0.39 is 17.2 Å². The van der Waals surface area contributed by atoms with Crippen molar-refractivity contribution in [1.29, 1.82) is 0 Å². The van der Waals surface area contributed by atoms with E-state index in [0.717, 1.165) is 16.5 Å². The summed E-state index contributed by atoms with van der Waals surface area (Å²) >= 11 is 0. The Hall–Kier alpha value is -4.91. The first-order chi connectivity index (χ1) is 17.8. The Morgan fingerprint density at radius 2 is 1.27 bits per heavy atom. The molecule has 3 heterocycles. The van der Waals surface area contributed by atoms with Gasteiger partial charge < -0.3 is 19.0 Å². The van der Waals surface area contributed by atoms with Crippen LogP contribution in [0.5, 0.6) is 11.5 Å². The molecule has 0 aliphatic rings. The fourth-order valence-electron chi connectivity index (χ4n) is 4.85. The molecule has 0 fully saturated rings. The maximum atomic E-state index is 13.4. The van der Waals surface area contributed by atoms with Gasteiger partial charge in [0.25, 0.3) is 0 Å². The summed E-state index contributed by atoms with van der Waals surface area (Å²) in [6.45, 7) is 3.68. The Labute approximate surface area is 209 Å². The molecule has 0 atom stereocenters. The van der Waals surface area contributed by atoms with Crippen molar-refractivity contribution in [3.05, 3.63) is 122 Å². The number of hydrogen-bond acceptors (Lipinski definition) is 7. The van der Waals surface area contributed by atoms with Crippen LogP contribution in [0.25, 0.3) is 32.8 Å². The van der Waals surface area contributed by atoms with Crippen molar-refractivity contribution < 1.29 is 19.0 Å². The minimum absolute atomic E-state index is 0.192. The third kappa shape index (κ3) is 3.63. The Morgan fingerprint density at radius 3 is 1.84 bits per heavy atom. The van der Waals surface area contributed by atoms with Gasteiger partial charge in [-0.3, -0.25) is 4.98 Å². The van der Waals surface area contributed by atoms with E-state index in [-0.39, 0.29) is 33.8 Å². The Kier molecular flexibility index (Phi) is 5.08. The summed E-state index contributed by atoms with van der Waals surface area (Å²) in [6.07, 6.45) is 1.52. The van der Waals surface area contributed by atoms with Crippen LogP contribution < -0.4 is 11.3 Å². The van der Waals surface area contributed by atoms with Gasteiger partial charge in [0.2, 0.25) is 0 Å². The molecule has 7 heteroatoms. The molecule has 0 unspecified atom stereocenters. The molecule has 0 saturated carbocycles. The molecule has 0 radical (unpaired) electrons. The fourth-order valence-corrected chi connectivity index (χ4v) is 4.85.